The number of aromatic nitrogens is 1. The summed E-state index contributed by atoms with van der Waals surface area (Å²) in [5, 5.41) is 4.07. The third-order valence-corrected chi connectivity index (χ3v) is 4.57. The van der Waals surface area contributed by atoms with E-state index in [9.17, 15) is 9.18 Å². The third kappa shape index (κ3) is 4.29. The molecule has 1 amide bonds. The molecule has 150 valence electrons. The van der Waals surface area contributed by atoms with E-state index in [1.165, 1.54) is 26.4 Å². The van der Waals surface area contributed by atoms with E-state index in [1.807, 2.05) is 24.5 Å². The zero-order valence-corrected chi connectivity index (χ0v) is 16.7. The van der Waals surface area contributed by atoms with Crippen LogP contribution in [0.15, 0.2) is 53.6 Å². The lowest BCUT2D eigenvalue weighted by Gasteiger charge is -2.09. The summed E-state index contributed by atoms with van der Waals surface area (Å²) in [6.07, 6.45) is 1.58. The number of carbonyl (C=O) groups excluding carboxylic acids is 1. The fourth-order valence-electron chi connectivity index (χ4n) is 3.11. The van der Waals surface area contributed by atoms with Gasteiger partial charge in [0.25, 0.3) is 5.91 Å². The van der Waals surface area contributed by atoms with Crippen LogP contribution in [-0.2, 0) is 0 Å². The zero-order chi connectivity index (χ0) is 21.0. The van der Waals surface area contributed by atoms with Gasteiger partial charge in [-0.3, -0.25) is 4.79 Å². The van der Waals surface area contributed by atoms with Crippen LogP contribution in [0.2, 0.25) is 0 Å². The topological polar surface area (TPSA) is 64.8 Å². The second-order valence-electron chi connectivity index (χ2n) is 6.41. The van der Waals surface area contributed by atoms with Gasteiger partial charge in [-0.25, -0.2) is 9.82 Å². The van der Waals surface area contributed by atoms with E-state index in [0.29, 0.717) is 17.1 Å². The molecule has 0 aliphatic carbocycles. The molecule has 7 heteroatoms. The molecule has 6 nitrogen and oxygen atoms in total. The lowest BCUT2D eigenvalue weighted by molar-refractivity contribution is 0.0954. The van der Waals surface area contributed by atoms with Crippen molar-refractivity contribution < 1.29 is 18.7 Å². The molecule has 0 radical (unpaired) electrons. The van der Waals surface area contributed by atoms with Crippen molar-refractivity contribution in [1.29, 1.82) is 0 Å². The summed E-state index contributed by atoms with van der Waals surface area (Å²) in [6.45, 7) is 3.89. The van der Waals surface area contributed by atoms with Gasteiger partial charge >= 0.3 is 0 Å². The van der Waals surface area contributed by atoms with E-state index in [0.717, 1.165) is 22.6 Å². The molecular weight excluding hydrogens is 373 g/mol. The predicted molar refractivity (Wildman–Crippen MR) is 110 cm³/mol. The van der Waals surface area contributed by atoms with Crippen LogP contribution in [-0.4, -0.2) is 30.9 Å². The van der Waals surface area contributed by atoms with Crippen molar-refractivity contribution in [2.45, 2.75) is 13.8 Å². The van der Waals surface area contributed by atoms with Crippen LogP contribution in [0.5, 0.6) is 11.5 Å². The Morgan fingerprint density at radius 1 is 1.03 bits per heavy atom. The number of benzene rings is 2. The molecule has 0 bridgehead atoms. The maximum absolute atomic E-state index is 13.2. The molecule has 2 aromatic carbocycles. The second-order valence-corrected chi connectivity index (χ2v) is 6.41. The minimum atomic E-state index is -0.366. The van der Waals surface area contributed by atoms with Gasteiger partial charge in [0.1, 0.15) is 5.82 Å². The smallest absolute Gasteiger partial charge is 0.271 e. The van der Waals surface area contributed by atoms with Crippen LogP contribution in [0.25, 0.3) is 5.69 Å². The molecule has 0 saturated heterocycles. The van der Waals surface area contributed by atoms with Crippen molar-refractivity contribution in [2.24, 2.45) is 5.10 Å². The highest BCUT2D eigenvalue weighted by atomic mass is 19.1. The van der Waals surface area contributed by atoms with E-state index in [-0.39, 0.29) is 11.7 Å². The zero-order valence-electron chi connectivity index (χ0n) is 16.7. The van der Waals surface area contributed by atoms with Crippen LogP contribution in [0.1, 0.15) is 27.3 Å². The number of nitrogens with one attached hydrogen (secondary N) is 1. The summed E-state index contributed by atoms with van der Waals surface area (Å²) >= 11 is 0. The Kier molecular flexibility index (Phi) is 5.97. The number of hydrogen-bond donors (Lipinski definition) is 1. The fourth-order valence-corrected chi connectivity index (χ4v) is 3.11. The molecule has 29 heavy (non-hydrogen) atoms. The molecule has 0 fully saturated rings. The maximum Gasteiger partial charge on any atom is 0.271 e. The van der Waals surface area contributed by atoms with Gasteiger partial charge in [-0.05, 0) is 62.4 Å². The van der Waals surface area contributed by atoms with Gasteiger partial charge < -0.3 is 14.0 Å². The first-order valence-electron chi connectivity index (χ1n) is 8.95. The van der Waals surface area contributed by atoms with Crippen LogP contribution >= 0.6 is 0 Å². The minimum Gasteiger partial charge on any atom is -0.493 e. The second kappa shape index (κ2) is 8.60. The van der Waals surface area contributed by atoms with Gasteiger partial charge in [0.05, 0.1) is 20.4 Å². The van der Waals surface area contributed by atoms with E-state index >= 15 is 0 Å². The molecule has 1 N–H and O–H groups in total. The highest BCUT2D eigenvalue weighted by molar-refractivity contribution is 5.95. The van der Waals surface area contributed by atoms with Crippen molar-refractivity contribution in [3.63, 3.8) is 0 Å². The Labute approximate surface area is 168 Å². The Morgan fingerprint density at radius 3 is 2.38 bits per heavy atom. The van der Waals surface area contributed by atoms with Gasteiger partial charge in [-0.15, -0.1) is 0 Å². The molecule has 0 aliphatic heterocycles. The Morgan fingerprint density at radius 2 is 1.72 bits per heavy atom. The van der Waals surface area contributed by atoms with Gasteiger partial charge in [0.2, 0.25) is 0 Å². The van der Waals surface area contributed by atoms with E-state index in [1.54, 1.807) is 36.5 Å². The number of methoxy groups -OCH3 is 2. The Balaban J connectivity index is 1.76. The SMILES string of the molecule is COc1ccc(C(=O)N/N=C/c2cc(C)n(-c3ccc(F)cc3)c2C)cc1OC. The summed E-state index contributed by atoms with van der Waals surface area (Å²) in [7, 11) is 3.04. The van der Waals surface area contributed by atoms with Crippen LogP contribution < -0.4 is 14.9 Å². The molecular formula is C22H22FN3O3. The van der Waals surface area contributed by atoms with Crippen LogP contribution in [0.4, 0.5) is 4.39 Å². The highest BCUT2D eigenvalue weighted by Crippen LogP contribution is 2.27. The number of amides is 1. The van der Waals surface area contributed by atoms with E-state index in [4.69, 9.17) is 9.47 Å². The fraction of sp³-hybridized carbons (Fsp3) is 0.182. The number of hydrazone groups is 1. The third-order valence-electron chi connectivity index (χ3n) is 4.57. The van der Waals surface area contributed by atoms with Gasteiger partial charge in [-0.2, -0.15) is 5.10 Å². The molecule has 0 spiro atoms. The number of nitrogens with zero attached hydrogens (tertiary/aromatic N) is 2. The minimum absolute atomic E-state index is 0.282. The summed E-state index contributed by atoms with van der Waals surface area (Å²) in [4.78, 5) is 12.4. The molecule has 3 rings (SSSR count). The van der Waals surface area contributed by atoms with E-state index < -0.39 is 0 Å². The first kappa shape index (κ1) is 20.1. The summed E-state index contributed by atoms with van der Waals surface area (Å²) in [5.41, 5.74) is 6.52. The molecule has 0 saturated carbocycles. The summed E-state index contributed by atoms with van der Waals surface area (Å²) < 4.78 is 25.6. The lowest BCUT2D eigenvalue weighted by atomic mass is 10.2. The van der Waals surface area contributed by atoms with Gasteiger partial charge in [0, 0.05) is 28.2 Å². The van der Waals surface area contributed by atoms with Crippen molar-refractivity contribution in [3.05, 3.63) is 76.9 Å². The number of rotatable bonds is 6. The van der Waals surface area contributed by atoms with Crippen molar-refractivity contribution in [2.75, 3.05) is 14.2 Å². The monoisotopic (exact) mass is 395 g/mol. The number of ether oxygens (including phenoxy) is 2. The van der Waals surface area contributed by atoms with Gasteiger partial charge in [-0.1, -0.05) is 0 Å². The predicted octanol–water partition coefficient (Wildman–Crippen LogP) is 4.01. The number of aryl methyl sites for hydroxylation is 1. The quantitative estimate of drug-likeness (QED) is 0.507. The van der Waals surface area contributed by atoms with Gasteiger partial charge in [0.15, 0.2) is 11.5 Å². The maximum atomic E-state index is 13.2. The largest absolute Gasteiger partial charge is 0.493 e. The Bertz CT molecular complexity index is 1060. The van der Waals surface area contributed by atoms with Crippen molar-refractivity contribution >= 4 is 12.1 Å². The first-order valence-corrected chi connectivity index (χ1v) is 8.95. The standard InChI is InChI=1S/C22H22FN3O3/c1-14-11-17(15(2)26(14)19-8-6-18(23)7-9-19)13-24-25-22(27)16-5-10-20(28-3)21(12-16)29-4/h5-13H,1-4H3,(H,25,27)/b24-13+. The average Bonchev–Trinajstić information content (AvgIpc) is 3.01. The van der Waals surface area contributed by atoms with E-state index in [2.05, 4.69) is 10.5 Å². The average molecular weight is 395 g/mol. The molecule has 1 aromatic heterocycles. The number of hydrogen-bond acceptors (Lipinski definition) is 4. The molecule has 0 atom stereocenters. The summed E-state index contributed by atoms with van der Waals surface area (Å²) in [5.74, 6) is 0.359. The molecule has 0 aliphatic rings. The van der Waals surface area contributed by atoms with Crippen molar-refractivity contribution in [3.8, 4) is 17.2 Å². The molecule has 3 aromatic rings. The molecule has 1 heterocycles. The van der Waals surface area contributed by atoms with Crippen LogP contribution in [0, 0.1) is 19.7 Å². The Hall–Kier alpha value is -3.61. The number of carbonyl (C=O) groups is 1. The highest BCUT2D eigenvalue weighted by Gasteiger charge is 2.11. The van der Waals surface area contributed by atoms with Crippen LogP contribution in [0.3, 0.4) is 0 Å². The summed E-state index contributed by atoms with van der Waals surface area (Å²) in [6, 6.07) is 13.1. The number of halogens is 1. The normalized spacial score (nSPS) is 10.9. The first-order chi connectivity index (χ1) is 13.9. The molecule has 0 unspecified atom stereocenters. The van der Waals surface area contributed by atoms with Crippen molar-refractivity contribution in [1.82, 2.24) is 9.99 Å². The lowest BCUT2D eigenvalue weighted by Crippen LogP contribution is -2.17.